The Labute approximate surface area is 247 Å². The lowest BCUT2D eigenvalue weighted by atomic mass is 9.89. The fourth-order valence-electron chi connectivity index (χ4n) is 5.18. The highest BCUT2D eigenvalue weighted by Gasteiger charge is 2.47. The van der Waals surface area contributed by atoms with E-state index in [4.69, 9.17) is 23.7 Å². The molecule has 6 fully saturated rings. The molecule has 10 heteroatoms. The summed E-state index contributed by atoms with van der Waals surface area (Å²) in [5.41, 5.74) is 2.59. The standard InChI is InChI=1S/C14H20O4.C10H10O2.2C4H6O2/c15-14(9-2-4-11-13(6-9)18-11)16-7-8-1-3-10-12(5-8)17-10;1-2-7(9-5-11-9)4-8(3-1)10-6-12-10;2*1-3-4(5)6-2/h8-13H,1-7H2;1-4,9-10H,5-6H2;2*3H,1H2,2H3. The first-order chi connectivity index (χ1) is 20.3. The van der Waals surface area contributed by atoms with Gasteiger partial charge in [-0.3, -0.25) is 4.79 Å². The van der Waals surface area contributed by atoms with E-state index in [-0.39, 0.29) is 11.9 Å². The third kappa shape index (κ3) is 10.3. The smallest absolute Gasteiger partial charge is 0.329 e. The number of epoxide rings is 4. The summed E-state index contributed by atoms with van der Waals surface area (Å²) in [4.78, 5) is 31.7. The van der Waals surface area contributed by atoms with Crippen molar-refractivity contribution in [2.45, 2.75) is 75.1 Å². The molecule has 7 rings (SSSR count). The molecule has 4 heterocycles. The Balaban J connectivity index is 0.000000146. The van der Waals surface area contributed by atoms with Crippen molar-refractivity contribution in [1.82, 2.24) is 0 Å². The minimum Gasteiger partial charge on any atom is -0.466 e. The number of ether oxygens (including phenoxy) is 7. The molecule has 4 aliphatic heterocycles. The van der Waals surface area contributed by atoms with Crippen LogP contribution in [0.2, 0.25) is 0 Å². The van der Waals surface area contributed by atoms with Gasteiger partial charge in [0, 0.05) is 12.2 Å². The number of carbonyl (C=O) groups is 3. The van der Waals surface area contributed by atoms with Crippen LogP contribution in [0.25, 0.3) is 0 Å². The van der Waals surface area contributed by atoms with Crippen molar-refractivity contribution in [3.63, 3.8) is 0 Å². The second kappa shape index (κ2) is 15.4. The Morgan fingerprint density at radius 1 is 0.810 bits per heavy atom. The van der Waals surface area contributed by atoms with Crippen LogP contribution in [0.3, 0.4) is 0 Å². The van der Waals surface area contributed by atoms with Crippen molar-refractivity contribution in [3.8, 4) is 0 Å². The first-order valence-electron chi connectivity index (χ1n) is 14.6. The number of esters is 3. The molecule has 0 aromatic heterocycles. The van der Waals surface area contributed by atoms with Crippen LogP contribution in [0.5, 0.6) is 0 Å². The molecule has 0 spiro atoms. The summed E-state index contributed by atoms with van der Waals surface area (Å²) in [5.74, 6) is -0.179. The molecule has 2 aliphatic carbocycles. The van der Waals surface area contributed by atoms with Crippen molar-refractivity contribution in [1.29, 1.82) is 0 Å². The van der Waals surface area contributed by atoms with Crippen LogP contribution in [0, 0.1) is 11.8 Å². The van der Waals surface area contributed by atoms with Crippen molar-refractivity contribution < 1.29 is 47.5 Å². The maximum absolute atomic E-state index is 12.0. The summed E-state index contributed by atoms with van der Waals surface area (Å²) in [5, 5.41) is 0. The SMILES string of the molecule is C=CC(=O)OC.C=CC(=O)OC.O=C(OCC1CCC2OC2C1)C1CCC2OC2C1.c1cc(C2CO2)cc(C2CO2)c1. The van der Waals surface area contributed by atoms with Crippen molar-refractivity contribution in [3.05, 3.63) is 60.7 Å². The Morgan fingerprint density at radius 3 is 1.76 bits per heavy atom. The van der Waals surface area contributed by atoms with Crippen LogP contribution in [0.15, 0.2) is 49.6 Å². The van der Waals surface area contributed by atoms with Crippen molar-refractivity contribution in [2.75, 3.05) is 34.0 Å². The third-order valence-corrected chi connectivity index (χ3v) is 7.97. The van der Waals surface area contributed by atoms with E-state index in [2.05, 4.69) is 46.9 Å². The molecule has 2 saturated carbocycles. The number of carbonyl (C=O) groups excluding carboxylic acids is 3. The summed E-state index contributed by atoms with van der Waals surface area (Å²) in [6, 6.07) is 8.50. The van der Waals surface area contributed by atoms with Crippen LogP contribution in [-0.2, 0) is 47.5 Å². The number of methoxy groups -OCH3 is 2. The molecular weight excluding hydrogens is 544 g/mol. The predicted octanol–water partition coefficient (Wildman–Crippen LogP) is 4.18. The van der Waals surface area contributed by atoms with E-state index in [0.29, 0.717) is 49.1 Å². The molecule has 42 heavy (non-hydrogen) atoms. The van der Waals surface area contributed by atoms with E-state index in [9.17, 15) is 14.4 Å². The number of rotatable bonds is 7. The lowest BCUT2D eigenvalue weighted by molar-refractivity contribution is -0.151. The Bertz CT molecular complexity index is 1050. The van der Waals surface area contributed by atoms with Gasteiger partial charge < -0.3 is 33.2 Å². The van der Waals surface area contributed by atoms with Crippen molar-refractivity contribution >= 4 is 17.9 Å². The first-order valence-corrected chi connectivity index (χ1v) is 14.6. The van der Waals surface area contributed by atoms with Gasteiger partial charge >= 0.3 is 17.9 Å². The lowest BCUT2D eigenvalue weighted by Gasteiger charge is -2.21. The third-order valence-electron chi connectivity index (χ3n) is 7.97. The Morgan fingerprint density at radius 2 is 1.33 bits per heavy atom. The van der Waals surface area contributed by atoms with Gasteiger partial charge in [-0.25, -0.2) is 9.59 Å². The minimum atomic E-state index is -0.394. The van der Waals surface area contributed by atoms with E-state index in [0.717, 1.165) is 63.9 Å². The average Bonchev–Trinajstić information content (AvgIpc) is 3.87. The van der Waals surface area contributed by atoms with E-state index in [1.807, 2.05) is 0 Å². The molecule has 1 aromatic rings. The van der Waals surface area contributed by atoms with Gasteiger partial charge in [0.05, 0.1) is 64.4 Å². The highest BCUT2D eigenvalue weighted by molar-refractivity contribution is 5.81. The second-order valence-corrected chi connectivity index (χ2v) is 11.0. The molecule has 4 saturated heterocycles. The zero-order valence-electron chi connectivity index (χ0n) is 24.4. The highest BCUT2D eigenvalue weighted by atomic mass is 16.6. The molecule has 10 nitrogen and oxygen atoms in total. The van der Waals surface area contributed by atoms with Crippen LogP contribution in [0.1, 0.15) is 61.9 Å². The van der Waals surface area contributed by atoms with Crippen molar-refractivity contribution in [2.24, 2.45) is 11.8 Å². The number of hydrogen-bond donors (Lipinski definition) is 0. The number of hydrogen-bond acceptors (Lipinski definition) is 10. The molecule has 1 aromatic carbocycles. The van der Waals surface area contributed by atoms with Gasteiger partial charge in [-0.2, -0.15) is 0 Å². The summed E-state index contributed by atoms with van der Waals surface area (Å²) < 4.78 is 35.1. The summed E-state index contributed by atoms with van der Waals surface area (Å²) in [6.07, 6.45) is 11.0. The van der Waals surface area contributed by atoms with Gasteiger partial charge in [-0.05, 0) is 55.6 Å². The van der Waals surface area contributed by atoms with E-state index >= 15 is 0 Å². The molecule has 8 unspecified atom stereocenters. The topological polar surface area (TPSA) is 129 Å². The molecular formula is C32H42O10. The second-order valence-electron chi connectivity index (χ2n) is 11.0. The molecule has 6 aliphatic rings. The molecule has 0 radical (unpaired) electrons. The largest absolute Gasteiger partial charge is 0.466 e. The Kier molecular flexibility index (Phi) is 11.7. The molecule has 230 valence electrons. The molecule has 0 N–H and O–H groups in total. The molecule has 0 amide bonds. The van der Waals surface area contributed by atoms with E-state index in [1.54, 1.807) is 0 Å². The highest BCUT2D eigenvalue weighted by Crippen LogP contribution is 2.41. The number of fused-ring (bicyclic) bond motifs is 2. The monoisotopic (exact) mass is 586 g/mol. The zero-order valence-corrected chi connectivity index (χ0v) is 24.4. The quantitative estimate of drug-likeness (QED) is 0.199. The van der Waals surface area contributed by atoms with Gasteiger partial charge in [0.25, 0.3) is 0 Å². The van der Waals surface area contributed by atoms with Crippen LogP contribution in [-0.4, -0.2) is 76.4 Å². The van der Waals surface area contributed by atoms with Gasteiger partial charge in [-0.1, -0.05) is 37.4 Å². The molecule has 8 atom stereocenters. The summed E-state index contributed by atoms with van der Waals surface area (Å²) in [6.45, 7) is 8.68. The minimum absolute atomic E-state index is 0.00258. The van der Waals surface area contributed by atoms with Crippen LogP contribution >= 0.6 is 0 Å². The van der Waals surface area contributed by atoms with Gasteiger partial charge in [0.2, 0.25) is 0 Å². The normalized spacial score (nSPS) is 32.0. The van der Waals surface area contributed by atoms with Crippen LogP contribution < -0.4 is 0 Å². The summed E-state index contributed by atoms with van der Waals surface area (Å²) >= 11 is 0. The lowest BCUT2D eigenvalue weighted by Crippen LogP contribution is -2.27. The summed E-state index contributed by atoms with van der Waals surface area (Å²) in [7, 11) is 2.62. The molecule has 0 bridgehead atoms. The zero-order chi connectivity index (χ0) is 30.1. The average molecular weight is 587 g/mol. The van der Waals surface area contributed by atoms with Gasteiger partial charge in [0.1, 0.15) is 12.2 Å². The van der Waals surface area contributed by atoms with E-state index in [1.165, 1.54) is 25.3 Å². The first kappa shape index (κ1) is 31.9. The Hall–Kier alpha value is -3.05. The maximum atomic E-state index is 12.0. The predicted molar refractivity (Wildman–Crippen MR) is 151 cm³/mol. The van der Waals surface area contributed by atoms with Gasteiger partial charge in [0.15, 0.2) is 0 Å². The maximum Gasteiger partial charge on any atom is 0.329 e. The fraction of sp³-hybridized carbons (Fsp3) is 0.594. The number of benzene rings is 1. The fourth-order valence-corrected chi connectivity index (χ4v) is 5.18. The van der Waals surface area contributed by atoms with E-state index < -0.39 is 11.9 Å². The van der Waals surface area contributed by atoms with Gasteiger partial charge in [-0.15, -0.1) is 0 Å². The van der Waals surface area contributed by atoms with Crippen LogP contribution in [0.4, 0.5) is 0 Å².